The van der Waals surface area contributed by atoms with Crippen LogP contribution < -0.4 is 16.5 Å². The SMILES string of the molecule is CC.CCC.CCC.CCc1cccs1.Cc1c(C)c(=O)n(C)[nH]c1=O.Cc1c[nH]cc(C(=O)N(C)C)c1=O. The normalized spacial score (nSPS) is 8.85. The maximum atomic E-state index is 11.4. The van der Waals surface area contributed by atoms with Gasteiger partial charge in [0, 0.05) is 55.1 Å². The fraction of sp³-hybridized carbons (Fsp3) is 0.533. The second kappa shape index (κ2) is 23.9. The van der Waals surface area contributed by atoms with Crippen LogP contribution in [0.5, 0.6) is 0 Å². The molecule has 0 aromatic carbocycles. The average molecular weight is 565 g/mol. The lowest BCUT2D eigenvalue weighted by Crippen LogP contribution is -2.31. The zero-order chi connectivity index (χ0) is 31.1. The molecule has 1 amide bonds. The number of H-pyrrole nitrogens is 2. The zero-order valence-electron chi connectivity index (χ0n) is 26.4. The number of nitrogens with one attached hydrogen (secondary N) is 2. The van der Waals surface area contributed by atoms with Crippen molar-refractivity contribution in [2.24, 2.45) is 7.05 Å². The van der Waals surface area contributed by atoms with E-state index >= 15 is 0 Å². The van der Waals surface area contributed by atoms with Gasteiger partial charge in [-0.2, -0.15) is 0 Å². The number of hydrogen-bond acceptors (Lipinski definition) is 5. The molecule has 39 heavy (non-hydrogen) atoms. The van der Waals surface area contributed by atoms with Crippen molar-refractivity contribution >= 4 is 17.2 Å². The molecule has 222 valence electrons. The maximum absolute atomic E-state index is 11.4. The smallest absolute Gasteiger partial charge is 0.268 e. The van der Waals surface area contributed by atoms with E-state index in [4.69, 9.17) is 0 Å². The Morgan fingerprint density at radius 2 is 1.44 bits per heavy atom. The predicted octanol–water partition coefficient (Wildman–Crippen LogP) is 6.24. The molecule has 0 spiro atoms. The van der Waals surface area contributed by atoms with Gasteiger partial charge in [0.15, 0.2) is 5.43 Å². The Kier molecular flexibility index (Phi) is 24.7. The van der Waals surface area contributed by atoms with E-state index in [1.54, 1.807) is 41.1 Å². The van der Waals surface area contributed by atoms with Crippen LogP contribution >= 0.6 is 11.3 Å². The first-order valence-electron chi connectivity index (χ1n) is 13.5. The Morgan fingerprint density at radius 1 is 0.923 bits per heavy atom. The van der Waals surface area contributed by atoms with Gasteiger partial charge in [-0.3, -0.25) is 29.0 Å². The lowest BCUT2D eigenvalue weighted by atomic mass is 10.2. The van der Waals surface area contributed by atoms with Crippen molar-refractivity contribution in [2.45, 2.75) is 88.5 Å². The summed E-state index contributed by atoms with van der Waals surface area (Å²) in [4.78, 5) is 50.6. The molecule has 2 N–H and O–H groups in total. The van der Waals surface area contributed by atoms with Crippen LogP contribution in [0.15, 0.2) is 44.3 Å². The van der Waals surface area contributed by atoms with Gasteiger partial charge in [-0.25, -0.2) is 0 Å². The van der Waals surface area contributed by atoms with Crippen LogP contribution in [0.1, 0.15) is 93.2 Å². The molecule has 0 saturated heterocycles. The van der Waals surface area contributed by atoms with E-state index in [1.165, 1.54) is 47.0 Å². The van der Waals surface area contributed by atoms with Crippen LogP contribution in [-0.4, -0.2) is 39.7 Å². The Hall–Kier alpha value is -3.20. The highest BCUT2D eigenvalue weighted by Gasteiger charge is 2.12. The average Bonchev–Trinajstić information content (AvgIpc) is 3.45. The van der Waals surface area contributed by atoms with Crippen molar-refractivity contribution in [1.29, 1.82) is 0 Å². The van der Waals surface area contributed by atoms with Crippen LogP contribution in [-0.2, 0) is 13.5 Å². The van der Waals surface area contributed by atoms with Gasteiger partial charge in [0.2, 0.25) is 0 Å². The van der Waals surface area contributed by atoms with Crippen LogP contribution in [0.4, 0.5) is 0 Å². The van der Waals surface area contributed by atoms with E-state index in [0.717, 1.165) is 0 Å². The number of hydrogen-bond donors (Lipinski definition) is 2. The van der Waals surface area contributed by atoms with Gasteiger partial charge < -0.3 is 9.88 Å². The van der Waals surface area contributed by atoms with Gasteiger partial charge in [0.25, 0.3) is 17.0 Å². The van der Waals surface area contributed by atoms with E-state index in [9.17, 15) is 19.2 Å². The Balaban J connectivity index is -0.000000450. The molecule has 0 aliphatic heterocycles. The third-order valence-corrected chi connectivity index (χ3v) is 5.51. The summed E-state index contributed by atoms with van der Waals surface area (Å²) >= 11 is 1.82. The predicted molar refractivity (Wildman–Crippen MR) is 169 cm³/mol. The Labute approximate surface area is 239 Å². The van der Waals surface area contributed by atoms with Crippen LogP contribution in [0, 0.1) is 20.8 Å². The van der Waals surface area contributed by atoms with E-state index in [2.05, 4.69) is 62.2 Å². The first-order valence-corrected chi connectivity index (χ1v) is 14.4. The number of thiophene rings is 1. The molecule has 3 aromatic rings. The van der Waals surface area contributed by atoms with Gasteiger partial charge in [0.05, 0.1) is 0 Å². The van der Waals surface area contributed by atoms with E-state index < -0.39 is 0 Å². The number of amides is 1. The number of aryl methyl sites for hydroxylation is 3. The number of nitrogens with zero attached hydrogens (tertiary/aromatic N) is 2. The third kappa shape index (κ3) is 16.4. The molecule has 0 atom stereocenters. The molecular weight excluding hydrogens is 512 g/mol. The van der Waals surface area contributed by atoms with E-state index in [0.29, 0.717) is 16.7 Å². The molecule has 0 aliphatic rings. The van der Waals surface area contributed by atoms with Crippen molar-refractivity contribution in [3.63, 3.8) is 0 Å². The van der Waals surface area contributed by atoms with Gasteiger partial charge in [0.1, 0.15) is 5.56 Å². The topological polar surface area (TPSA) is 108 Å². The summed E-state index contributed by atoms with van der Waals surface area (Å²) in [6.07, 6.45) is 6.68. The summed E-state index contributed by atoms with van der Waals surface area (Å²) in [5, 5.41) is 4.51. The minimum Gasteiger partial charge on any atom is -0.366 e. The molecular formula is C30H52N4O4S. The molecule has 9 heteroatoms. The zero-order valence-corrected chi connectivity index (χ0v) is 27.3. The van der Waals surface area contributed by atoms with Crippen molar-refractivity contribution in [3.8, 4) is 0 Å². The van der Waals surface area contributed by atoms with E-state index in [-0.39, 0.29) is 28.0 Å². The molecule has 0 aliphatic carbocycles. The first-order chi connectivity index (χ1) is 18.3. The summed E-state index contributed by atoms with van der Waals surface area (Å²) in [5.74, 6) is -0.273. The number of pyridine rings is 1. The lowest BCUT2D eigenvalue weighted by molar-refractivity contribution is 0.0826. The fourth-order valence-corrected chi connectivity index (χ4v) is 3.03. The standard InChI is InChI=1S/C9H12N2O2.C7H10N2O2.C6H8S.2C3H8.C2H6/c1-6-4-10-5-7(8(6)12)9(13)11(2)3;1-4-5(2)7(11)9(3)8-6(4)10;1-2-6-4-3-5-7-6;2*1-3-2;1-2/h4-5H,1-3H3,(H,10,12);1-3H3,(H,8,10);3-5H,2H2,1H3;2*3H2,1-2H3;1-2H3. The maximum Gasteiger partial charge on any atom is 0.268 e. The van der Waals surface area contributed by atoms with Crippen molar-refractivity contribution in [1.82, 2.24) is 19.7 Å². The first kappa shape index (κ1) is 40.3. The molecule has 3 aromatic heterocycles. The second-order valence-electron chi connectivity index (χ2n) is 8.48. The quantitative estimate of drug-likeness (QED) is 0.384. The Morgan fingerprint density at radius 3 is 1.82 bits per heavy atom. The van der Waals surface area contributed by atoms with Crippen LogP contribution in [0.25, 0.3) is 0 Å². The van der Waals surface area contributed by atoms with Gasteiger partial charge in [-0.15, -0.1) is 11.3 Å². The highest BCUT2D eigenvalue weighted by Crippen LogP contribution is 2.07. The molecule has 3 heterocycles. The number of carbonyl (C=O) groups excluding carboxylic acids is 1. The number of aromatic nitrogens is 3. The van der Waals surface area contributed by atoms with Gasteiger partial charge >= 0.3 is 0 Å². The summed E-state index contributed by atoms with van der Waals surface area (Å²) < 4.78 is 1.19. The number of aromatic amines is 2. The third-order valence-electron chi connectivity index (χ3n) is 4.49. The second-order valence-corrected chi connectivity index (χ2v) is 9.52. The number of rotatable bonds is 2. The molecule has 8 nitrogen and oxygen atoms in total. The molecule has 0 radical (unpaired) electrons. The number of carbonyl (C=O) groups is 1. The highest BCUT2D eigenvalue weighted by molar-refractivity contribution is 7.09. The summed E-state index contributed by atoms with van der Waals surface area (Å²) in [6, 6.07) is 4.24. The molecule has 0 saturated carbocycles. The summed E-state index contributed by atoms with van der Waals surface area (Å²) in [5.41, 5.74) is 1.17. The molecule has 0 unspecified atom stereocenters. The van der Waals surface area contributed by atoms with Crippen LogP contribution in [0.2, 0.25) is 0 Å². The lowest BCUT2D eigenvalue weighted by Gasteiger charge is -2.09. The summed E-state index contributed by atoms with van der Waals surface area (Å²) in [7, 11) is 4.75. The molecule has 3 rings (SSSR count). The fourth-order valence-electron chi connectivity index (χ4n) is 2.38. The largest absolute Gasteiger partial charge is 0.366 e. The van der Waals surface area contributed by atoms with E-state index in [1.807, 2.05) is 25.2 Å². The van der Waals surface area contributed by atoms with Crippen molar-refractivity contribution < 1.29 is 4.79 Å². The van der Waals surface area contributed by atoms with Crippen molar-refractivity contribution in [3.05, 3.63) is 88.0 Å². The Bertz CT molecular complexity index is 1200. The van der Waals surface area contributed by atoms with Crippen molar-refractivity contribution in [2.75, 3.05) is 14.1 Å². The highest BCUT2D eigenvalue weighted by atomic mass is 32.1. The molecule has 0 bridgehead atoms. The van der Waals surface area contributed by atoms with Gasteiger partial charge in [-0.1, -0.05) is 67.4 Å². The minimum absolute atomic E-state index is 0.151. The van der Waals surface area contributed by atoms with Crippen LogP contribution in [0.3, 0.4) is 0 Å². The minimum atomic E-state index is -0.273. The van der Waals surface area contributed by atoms with Gasteiger partial charge in [-0.05, 0) is 38.6 Å². The summed E-state index contributed by atoms with van der Waals surface area (Å²) in [6.45, 7) is 19.6. The monoisotopic (exact) mass is 564 g/mol. The molecule has 0 fully saturated rings.